The van der Waals surface area contributed by atoms with Crippen molar-refractivity contribution in [3.8, 4) is 69.0 Å². The minimum absolute atomic E-state index is 0.154. The van der Waals surface area contributed by atoms with Gasteiger partial charge in [-0.25, -0.2) is 14.4 Å². The fraction of sp³-hybridized carbons (Fsp3) is 0.255. The van der Waals surface area contributed by atoms with Crippen LogP contribution in [-0.2, 0) is 43.3 Å². The van der Waals surface area contributed by atoms with Gasteiger partial charge in [-0.15, -0.1) is 46.4 Å². The van der Waals surface area contributed by atoms with Crippen molar-refractivity contribution in [1.29, 1.82) is 0 Å². The van der Waals surface area contributed by atoms with Crippen molar-refractivity contribution < 1.29 is 118 Å². The van der Waals surface area contributed by atoms with E-state index in [0.717, 1.165) is 173 Å². The number of carbonyl (C=O) groups is 4. The van der Waals surface area contributed by atoms with Crippen LogP contribution in [0.15, 0.2) is 213 Å². The van der Waals surface area contributed by atoms with Crippen LogP contribution in [0.5, 0.6) is 69.0 Å². The number of nitrogen functional groups attached to an aromatic ring is 1. The van der Waals surface area contributed by atoms with Crippen LogP contribution in [-0.4, -0.2) is 140 Å². The van der Waals surface area contributed by atoms with Crippen LogP contribution in [0.4, 0.5) is 16.2 Å². The summed E-state index contributed by atoms with van der Waals surface area (Å²) >= 11 is 28.9. The maximum atomic E-state index is 12.0. The molecule has 15 aromatic rings. The summed E-state index contributed by atoms with van der Waals surface area (Å²) in [5.41, 5.74) is 17.9. The van der Waals surface area contributed by atoms with E-state index < -0.39 is 23.6 Å². The molecule has 0 unspecified atom stereocenters. The van der Waals surface area contributed by atoms with Gasteiger partial charge in [0.05, 0.1) is 127 Å². The third-order valence-electron chi connectivity index (χ3n) is 19.6. The number of phenols is 2. The third-order valence-corrected chi connectivity index (χ3v) is 21.5. The van der Waals surface area contributed by atoms with E-state index >= 15 is 0 Å². The molecule has 9 aromatic carbocycles. The Labute approximate surface area is 763 Å². The minimum atomic E-state index is -1.01. The zero-order valence-corrected chi connectivity index (χ0v) is 74.9. The number of aromatic carboxylic acids is 2. The number of nitrogens with one attached hydrogen (secondary N) is 1. The number of benzene rings is 9. The highest BCUT2D eigenvalue weighted by atomic mass is 79.9. The molecule has 0 bridgehead atoms. The van der Waals surface area contributed by atoms with E-state index in [2.05, 4.69) is 49.3 Å². The molecule has 12 heterocycles. The number of carboxylic acid groups (broad SMARTS) is 2. The van der Waals surface area contributed by atoms with Crippen LogP contribution < -0.4 is 58.4 Å². The predicted octanol–water partition coefficient (Wildman–Crippen LogP) is 22.8. The van der Waals surface area contributed by atoms with E-state index in [1.54, 1.807) is 49.3 Å². The highest BCUT2D eigenvalue weighted by Crippen LogP contribution is 2.44. The molecule has 664 valence electrons. The number of rotatable bonds is 16. The molecule has 21 rings (SSSR count). The SMILES string of the molecule is CC(C)(C)OC(=O)Nc1c2ccoc2cc2ccoc12.ClCCOc1cc(Br)c(OCCCl)cc1Br.ClCCOc1ccc(OCCCl)cc1.Nc1c2ccoc2cc2ccoc12.O=C(O)c1c2c(cc3c1OCC3)OCC2.O=C(O)c1c2ccoc2cc2ccoc12.O=Cc1c2c(cc3c1OCC3)OCC2.Oc1ccc(O)cc1.c1c2c(cc3c1OCC3)OCC2. The fourth-order valence-corrected chi connectivity index (χ4v) is 15.2. The first-order valence-corrected chi connectivity index (χ1v) is 43.7. The monoisotopic (exact) mass is 1940 g/mol. The molecule has 7 N–H and O–H groups in total. The number of halogens is 6. The Balaban J connectivity index is 0.000000123. The summed E-state index contributed by atoms with van der Waals surface area (Å²) in [5, 5.41) is 43.1. The number of anilines is 2. The lowest BCUT2D eigenvalue weighted by atomic mass is 10.00. The number of aldehydes is 1. The molecule has 1 amide bonds. The number of carbonyl (C=O) groups excluding carboxylic acids is 2. The lowest BCUT2D eigenvalue weighted by molar-refractivity contribution is 0.0632. The highest BCUT2D eigenvalue weighted by Gasteiger charge is 2.31. The maximum Gasteiger partial charge on any atom is 0.412 e. The van der Waals surface area contributed by atoms with Gasteiger partial charge in [0.25, 0.3) is 0 Å². The lowest BCUT2D eigenvalue weighted by Gasteiger charge is -2.19. The smallest absolute Gasteiger partial charge is 0.412 e. The summed E-state index contributed by atoms with van der Waals surface area (Å²) in [7, 11) is 0. The van der Waals surface area contributed by atoms with E-state index in [4.69, 9.17) is 146 Å². The average molecular weight is 1950 g/mol. The van der Waals surface area contributed by atoms with Crippen LogP contribution in [0, 0.1) is 0 Å². The van der Waals surface area contributed by atoms with Gasteiger partial charge in [-0.05, 0) is 192 Å². The number of nitrogens with two attached hydrogens (primary N) is 1. The molecule has 0 saturated carbocycles. The molecule has 27 nitrogen and oxygen atoms in total. The largest absolute Gasteiger partial charge is 0.508 e. The van der Waals surface area contributed by atoms with Crippen molar-refractivity contribution in [3.63, 3.8) is 0 Å². The first-order valence-electron chi connectivity index (χ1n) is 39.9. The van der Waals surface area contributed by atoms with E-state index in [9.17, 15) is 24.3 Å². The van der Waals surface area contributed by atoms with Crippen molar-refractivity contribution in [2.45, 2.75) is 64.9 Å². The van der Waals surface area contributed by atoms with Crippen LogP contribution in [0.3, 0.4) is 0 Å². The van der Waals surface area contributed by atoms with Crippen molar-refractivity contribution in [2.75, 3.05) is 101 Å². The van der Waals surface area contributed by atoms with Gasteiger partial charge < -0.3 is 105 Å². The minimum Gasteiger partial charge on any atom is -0.508 e. The summed E-state index contributed by atoms with van der Waals surface area (Å²) in [6.07, 6.45) is 14.9. The van der Waals surface area contributed by atoms with Gasteiger partial charge >= 0.3 is 18.0 Å². The van der Waals surface area contributed by atoms with E-state index in [0.29, 0.717) is 139 Å². The van der Waals surface area contributed by atoms with Crippen LogP contribution in [0.1, 0.15) is 85.2 Å². The Morgan fingerprint density at radius 2 is 0.835 bits per heavy atom. The van der Waals surface area contributed by atoms with Gasteiger partial charge in [-0.3, -0.25) is 10.1 Å². The van der Waals surface area contributed by atoms with Gasteiger partial charge in [0.15, 0.2) is 17.5 Å². The first kappa shape index (κ1) is 92.3. The Morgan fingerprint density at radius 3 is 1.35 bits per heavy atom. The molecule has 6 aliphatic rings. The molecule has 0 aliphatic carbocycles. The Bertz CT molecular complexity index is 5980. The summed E-state index contributed by atoms with van der Waals surface area (Å²) < 4.78 is 92.7. The number of hydrogen-bond acceptors (Lipinski definition) is 24. The Morgan fingerprint density at radius 1 is 0.441 bits per heavy atom. The lowest BCUT2D eigenvalue weighted by Crippen LogP contribution is -2.27. The Hall–Kier alpha value is -12.4. The van der Waals surface area contributed by atoms with Crippen molar-refractivity contribution >= 4 is 180 Å². The van der Waals surface area contributed by atoms with Gasteiger partial charge in [0.2, 0.25) is 0 Å². The van der Waals surface area contributed by atoms with E-state index in [1.165, 1.54) is 47.9 Å². The van der Waals surface area contributed by atoms with Gasteiger partial charge in [-0.2, -0.15) is 0 Å². The topological polar surface area (TPSA) is 368 Å². The highest BCUT2D eigenvalue weighted by molar-refractivity contribution is 9.11. The molecule has 0 saturated heterocycles. The number of amides is 1. The van der Waals surface area contributed by atoms with E-state index in [1.807, 2.05) is 99.6 Å². The predicted molar refractivity (Wildman–Crippen MR) is 489 cm³/mol. The normalized spacial score (nSPS) is 12.8. The zero-order chi connectivity index (χ0) is 89.7. The summed E-state index contributed by atoms with van der Waals surface area (Å²) in [6, 6.07) is 41.1. The second kappa shape index (κ2) is 43.7. The Kier molecular flexibility index (Phi) is 31.7. The number of phenolic OH excluding ortho intramolecular Hbond substituents is 2. The quantitative estimate of drug-likeness (QED) is 0.0226. The zero-order valence-electron chi connectivity index (χ0n) is 68.7. The molecular weight excluding hydrogens is 1860 g/mol. The van der Waals surface area contributed by atoms with Crippen molar-refractivity contribution in [2.24, 2.45) is 0 Å². The number of carboxylic acids is 2. The number of alkyl halides is 4. The second-order valence-electron chi connectivity index (χ2n) is 29.1. The molecular formula is C94H86Br2Cl4N2O25. The fourth-order valence-electron chi connectivity index (χ4n) is 14.0. The average Bonchev–Trinajstić information content (AvgIpc) is 1.64. The molecule has 6 aliphatic heterocycles. The molecule has 6 aromatic heterocycles. The standard InChI is InChI=1S/C15H15NO4.C11H10O4.C11H6O4.C11H10O3.C10H10Br2Cl2O2.C10H12Cl2O2.C10H7NO2.C10H10O2.C6H6O2/c1-15(2,3)20-14(17)16-12-10-5-7-18-11(10)8-9-4-6-19-13(9)12;2*12-11(13)9-7-2-4-14-8(7)5-6-1-3-15-10(6)9;12-6-9-8-2-4-13-10(8)5-7-1-3-14-11(7)9;11-7-6-10(16-4-2-14)8(12)5-9(7)15-3-1-13;11-5-7-13-9-1-2-10(4-3-9)14-8-6-12;11-9-7-2-4-12-8(7)5-6-1-3-13-10(6)9;1-3-11-9-6-8-2-4-12-10(8)5-7(1)9;7-5-1-2-6(8)4-3-5/h4-8H,1-3H3,(H,16,17);5H,1-4H2,(H,12,13);1-5H,(H,12,13);5-6H,1-4H2;5-6H,1-4H2;1-4H,5-8H2;1-5H,11H2;5-6H,1-4H2;1-4,7-8H. The number of hydrogen-bond donors (Lipinski definition) is 6. The molecule has 0 radical (unpaired) electrons. The summed E-state index contributed by atoms with van der Waals surface area (Å²) in [6.45, 7) is 11.6. The number of fused-ring (bicyclic) bond motifs is 12. The second-order valence-corrected chi connectivity index (χ2v) is 32.4. The summed E-state index contributed by atoms with van der Waals surface area (Å²) in [4.78, 5) is 45.3. The van der Waals surface area contributed by atoms with Crippen molar-refractivity contribution in [1.82, 2.24) is 0 Å². The molecule has 0 fully saturated rings. The first-order chi connectivity index (χ1) is 61.5. The molecule has 0 atom stereocenters. The van der Waals surface area contributed by atoms with Gasteiger partial charge in [-0.1, -0.05) is 0 Å². The van der Waals surface area contributed by atoms with Crippen molar-refractivity contribution in [3.05, 3.63) is 236 Å². The number of aromatic hydroxyl groups is 2. The van der Waals surface area contributed by atoms with Crippen LogP contribution in [0.25, 0.3) is 65.8 Å². The summed E-state index contributed by atoms with van der Waals surface area (Å²) in [5.74, 6) is 8.40. The van der Waals surface area contributed by atoms with Crippen LogP contribution in [0.2, 0.25) is 0 Å². The number of ether oxygens (including phenoxy) is 11. The molecule has 127 heavy (non-hydrogen) atoms. The van der Waals surface area contributed by atoms with Gasteiger partial charge in [0.1, 0.15) is 134 Å². The maximum absolute atomic E-state index is 12.0. The van der Waals surface area contributed by atoms with Gasteiger partial charge in [0, 0.05) is 104 Å². The van der Waals surface area contributed by atoms with Crippen LogP contribution >= 0.6 is 78.3 Å². The number of furan rings is 6. The molecule has 0 spiro atoms. The third kappa shape index (κ3) is 23.3. The van der Waals surface area contributed by atoms with E-state index in [-0.39, 0.29) is 17.1 Å². The molecule has 33 heteroatoms.